The molecule has 2 amide bonds. The van der Waals surface area contributed by atoms with Gasteiger partial charge < -0.3 is 19.7 Å². The summed E-state index contributed by atoms with van der Waals surface area (Å²) >= 11 is 6.20. The van der Waals surface area contributed by atoms with Crippen molar-refractivity contribution in [3.05, 3.63) is 28.8 Å². The van der Waals surface area contributed by atoms with Gasteiger partial charge in [-0.2, -0.15) is 0 Å². The van der Waals surface area contributed by atoms with E-state index >= 15 is 0 Å². The van der Waals surface area contributed by atoms with Gasteiger partial charge in [-0.1, -0.05) is 11.6 Å². The molecule has 26 heavy (non-hydrogen) atoms. The Kier molecular flexibility index (Phi) is 5.78. The zero-order valence-corrected chi connectivity index (χ0v) is 15.3. The number of anilines is 1. The lowest BCUT2D eigenvalue weighted by Crippen LogP contribution is -2.37. The number of esters is 1. The minimum Gasteiger partial charge on any atom is -0.465 e. The quantitative estimate of drug-likeness (QED) is 0.787. The second kappa shape index (κ2) is 8.05. The molecule has 0 bridgehead atoms. The Hall–Kier alpha value is -2.12. The highest BCUT2D eigenvalue weighted by molar-refractivity contribution is 6.34. The van der Waals surface area contributed by atoms with Gasteiger partial charge in [-0.3, -0.25) is 9.59 Å². The SMILES string of the molecule is COC(=O)c1ccc(Cl)c(N2CC(C(=O)NCC3CCCO3)CC2=O)c1. The van der Waals surface area contributed by atoms with Crippen molar-refractivity contribution >= 4 is 35.1 Å². The summed E-state index contributed by atoms with van der Waals surface area (Å²) in [5.74, 6) is -1.34. The molecule has 0 saturated carbocycles. The standard InChI is InChI=1S/C18H21ClN2O5/c1-25-18(24)11-4-5-14(19)15(7-11)21-10-12(8-16(21)22)17(23)20-9-13-3-2-6-26-13/h4-5,7,12-13H,2-3,6,8-10H2,1H3,(H,20,23). The molecule has 2 heterocycles. The first-order chi connectivity index (χ1) is 12.5. The van der Waals surface area contributed by atoms with Crippen LogP contribution in [0.3, 0.4) is 0 Å². The van der Waals surface area contributed by atoms with Crippen molar-refractivity contribution in [1.82, 2.24) is 5.32 Å². The van der Waals surface area contributed by atoms with Crippen LogP contribution in [0.5, 0.6) is 0 Å². The van der Waals surface area contributed by atoms with Crippen LogP contribution in [-0.2, 0) is 19.1 Å². The maximum atomic E-state index is 12.4. The number of rotatable bonds is 5. The van der Waals surface area contributed by atoms with Crippen molar-refractivity contribution in [3.63, 3.8) is 0 Å². The molecule has 1 aromatic carbocycles. The van der Waals surface area contributed by atoms with E-state index in [4.69, 9.17) is 21.1 Å². The first-order valence-corrected chi connectivity index (χ1v) is 8.95. The van der Waals surface area contributed by atoms with Gasteiger partial charge in [0.05, 0.1) is 35.4 Å². The van der Waals surface area contributed by atoms with E-state index in [2.05, 4.69) is 5.32 Å². The summed E-state index contributed by atoms with van der Waals surface area (Å²) in [6, 6.07) is 4.59. The minimum absolute atomic E-state index is 0.0540. The van der Waals surface area contributed by atoms with E-state index in [0.29, 0.717) is 22.8 Å². The van der Waals surface area contributed by atoms with Crippen LogP contribution in [0, 0.1) is 5.92 Å². The monoisotopic (exact) mass is 380 g/mol. The molecule has 2 aliphatic heterocycles. The second-order valence-corrected chi connectivity index (χ2v) is 6.85. The maximum Gasteiger partial charge on any atom is 0.337 e. The van der Waals surface area contributed by atoms with Gasteiger partial charge in [-0.05, 0) is 31.0 Å². The maximum absolute atomic E-state index is 12.4. The topological polar surface area (TPSA) is 84.9 Å². The predicted octanol–water partition coefficient (Wildman–Crippen LogP) is 1.77. The molecule has 0 radical (unpaired) electrons. The number of hydrogen-bond acceptors (Lipinski definition) is 5. The van der Waals surface area contributed by atoms with Crippen molar-refractivity contribution in [1.29, 1.82) is 0 Å². The van der Waals surface area contributed by atoms with Crippen LogP contribution in [-0.4, -0.2) is 50.7 Å². The van der Waals surface area contributed by atoms with Crippen molar-refractivity contribution in [2.24, 2.45) is 5.92 Å². The first-order valence-electron chi connectivity index (χ1n) is 8.57. The molecule has 2 atom stereocenters. The highest BCUT2D eigenvalue weighted by Gasteiger charge is 2.36. The summed E-state index contributed by atoms with van der Waals surface area (Å²) < 4.78 is 10.2. The lowest BCUT2D eigenvalue weighted by molar-refractivity contribution is -0.126. The van der Waals surface area contributed by atoms with Crippen LogP contribution >= 0.6 is 11.6 Å². The van der Waals surface area contributed by atoms with E-state index in [-0.39, 0.29) is 30.9 Å². The molecule has 0 aromatic heterocycles. The van der Waals surface area contributed by atoms with Gasteiger partial charge >= 0.3 is 5.97 Å². The number of hydrogen-bond donors (Lipinski definition) is 1. The summed E-state index contributed by atoms with van der Waals surface area (Å²) in [6.07, 6.45) is 2.10. The third-order valence-corrected chi connectivity index (χ3v) is 5.00. The Bertz CT molecular complexity index is 718. The molecule has 0 aliphatic carbocycles. The van der Waals surface area contributed by atoms with Gasteiger partial charge in [0.15, 0.2) is 0 Å². The Labute approximate surface area is 156 Å². The Morgan fingerprint density at radius 3 is 2.92 bits per heavy atom. The Morgan fingerprint density at radius 2 is 2.23 bits per heavy atom. The summed E-state index contributed by atoms with van der Waals surface area (Å²) in [5, 5.41) is 3.20. The number of nitrogens with zero attached hydrogens (tertiary/aromatic N) is 1. The van der Waals surface area contributed by atoms with Crippen LogP contribution in [0.1, 0.15) is 29.6 Å². The summed E-state index contributed by atoms with van der Waals surface area (Å²) in [5.41, 5.74) is 0.708. The van der Waals surface area contributed by atoms with Gasteiger partial charge in [-0.25, -0.2) is 4.79 Å². The largest absolute Gasteiger partial charge is 0.465 e. The Balaban J connectivity index is 1.67. The zero-order valence-electron chi connectivity index (χ0n) is 14.5. The Morgan fingerprint density at radius 1 is 1.42 bits per heavy atom. The molecule has 2 unspecified atom stereocenters. The molecule has 140 valence electrons. The normalized spacial score (nSPS) is 22.5. The number of carbonyl (C=O) groups excluding carboxylic acids is 3. The first kappa shape index (κ1) is 18.7. The van der Waals surface area contributed by atoms with Gasteiger partial charge in [0.2, 0.25) is 11.8 Å². The van der Waals surface area contributed by atoms with Gasteiger partial charge in [-0.15, -0.1) is 0 Å². The minimum atomic E-state index is -0.514. The number of nitrogens with one attached hydrogen (secondary N) is 1. The fraction of sp³-hybridized carbons (Fsp3) is 0.500. The van der Waals surface area contributed by atoms with Gasteiger partial charge in [0, 0.05) is 26.1 Å². The summed E-state index contributed by atoms with van der Waals surface area (Å²) in [6.45, 7) is 1.41. The van der Waals surface area contributed by atoms with E-state index in [1.54, 1.807) is 6.07 Å². The second-order valence-electron chi connectivity index (χ2n) is 6.44. The van der Waals surface area contributed by atoms with Crippen molar-refractivity contribution in [2.45, 2.75) is 25.4 Å². The molecule has 2 fully saturated rings. The van der Waals surface area contributed by atoms with Gasteiger partial charge in [0.1, 0.15) is 0 Å². The molecule has 8 heteroatoms. The molecule has 2 saturated heterocycles. The number of amides is 2. The van der Waals surface area contributed by atoms with Gasteiger partial charge in [0.25, 0.3) is 0 Å². The van der Waals surface area contributed by atoms with Crippen LogP contribution in [0.2, 0.25) is 5.02 Å². The van der Waals surface area contributed by atoms with Crippen LogP contribution in [0.4, 0.5) is 5.69 Å². The van der Waals surface area contributed by atoms with Crippen LogP contribution < -0.4 is 10.2 Å². The van der Waals surface area contributed by atoms with E-state index in [9.17, 15) is 14.4 Å². The molecule has 3 rings (SSSR count). The number of halogens is 1. The van der Waals surface area contributed by atoms with E-state index < -0.39 is 11.9 Å². The molecule has 2 aliphatic rings. The highest BCUT2D eigenvalue weighted by atomic mass is 35.5. The summed E-state index contributed by atoms with van der Waals surface area (Å²) in [4.78, 5) is 37.9. The third kappa shape index (κ3) is 3.99. The van der Waals surface area contributed by atoms with Crippen molar-refractivity contribution in [2.75, 3.05) is 31.7 Å². The smallest absolute Gasteiger partial charge is 0.337 e. The number of carbonyl (C=O) groups is 3. The van der Waals surface area contributed by atoms with E-state index in [1.165, 1.54) is 24.1 Å². The average Bonchev–Trinajstić information content (AvgIpc) is 3.29. The third-order valence-electron chi connectivity index (χ3n) is 4.68. The lowest BCUT2D eigenvalue weighted by Gasteiger charge is -2.19. The molecule has 0 spiro atoms. The lowest BCUT2D eigenvalue weighted by atomic mass is 10.1. The number of ether oxygens (including phenoxy) is 2. The number of benzene rings is 1. The molecule has 1 aromatic rings. The average molecular weight is 381 g/mol. The molecule has 7 nitrogen and oxygen atoms in total. The predicted molar refractivity (Wildman–Crippen MR) is 95.2 cm³/mol. The van der Waals surface area contributed by atoms with Crippen molar-refractivity contribution in [3.8, 4) is 0 Å². The van der Waals surface area contributed by atoms with Crippen LogP contribution in [0.15, 0.2) is 18.2 Å². The highest BCUT2D eigenvalue weighted by Crippen LogP contribution is 2.32. The van der Waals surface area contributed by atoms with E-state index in [0.717, 1.165) is 19.4 Å². The fourth-order valence-corrected chi connectivity index (χ4v) is 3.46. The molecular formula is C18H21ClN2O5. The molecular weight excluding hydrogens is 360 g/mol. The zero-order chi connectivity index (χ0) is 18.7. The van der Waals surface area contributed by atoms with Crippen molar-refractivity contribution < 1.29 is 23.9 Å². The van der Waals surface area contributed by atoms with Crippen LogP contribution in [0.25, 0.3) is 0 Å². The summed E-state index contributed by atoms with van der Waals surface area (Å²) in [7, 11) is 1.28. The molecule has 1 N–H and O–H groups in total. The number of methoxy groups -OCH3 is 1. The van der Waals surface area contributed by atoms with E-state index in [1.807, 2.05) is 0 Å². The fourth-order valence-electron chi connectivity index (χ4n) is 3.24.